The Kier molecular flexibility index (Phi) is 4.15. The van der Waals surface area contributed by atoms with Crippen molar-refractivity contribution in [3.8, 4) is 0 Å². The summed E-state index contributed by atoms with van der Waals surface area (Å²) in [6, 6.07) is 2.38. The third kappa shape index (κ3) is 3.20. The van der Waals surface area contributed by atoms with E-state index >= 15 is 0 Å². The van der Waals surface area contributed by atoms with E-state index in [1.54, 1.807) is 0 Å². The molecule has 0 radical (unpaired) electrons. The van der Waals surface area contributed by atoms with Crippen molar-refractivity contribution < 1.29 is 0 Å². The molecule has 2 heterocycles. The summed E-state index contributed by atoms with van der Waals surface area (Å²) in [6.07, 6.45) is 6.96. The largest absolute Gasteiger partial charge is 0.310 e. The normalized spacial score (nSPS) is 12.8. The molecule has 2 aromatic rings. The van der Waals surface area contributed by atoms with Crippen molar-refractivity contribution in [1.82, 2.24) is 24.9 Å². The Balaban J connectivity index is 1.79. The van der Waals surface area contributed by atoms with Crippen LogP contribution in [0.25, 0.3) is 0 Å². The molecule has 5 heteroatoms. The minimum atomic E-state index is 0.328. The molecule has 1 unspecified atom stereocenters. The fourth-order valence-electron chi connectivity index (χ4n) is 1.91. The SMILES string of the molecule is CCn1cc(C(C)NCCc2ccn(C)n2)cn1. The molecule has 18 heavy (non-hydrogen) atoms. The van der Waals surface area contributed by atoms with Gasteiger partial charge in [0.15, 0.2) is 0 Å². The van der Waals surface area contributed by atoms with E-state index in [0.717, 1.165) is 25.2 Å². The number of hydrogen-bond acceptors (Lipinski definition) is 3. The number of nitrogens with zero attached hydrogens (tertiary/aromatic N) is 4. The highest BCUT2D eigenvalue weighted by atomic mass is 15.3. The number of aromatic nitrogens is 4. The third-order valence-corrected chi connectivity index (χ3v) is 3.08. The molecule has 0 aliphatic carbocycles. The van der Waals surface area contributed by atoms with Crippen LogP contribution >= 0.6 is 0 Å². The number of nitrogens with one attached hydrogen (secondary N) is 1. The van der Waals surface area contributed by atoms with Crippen LogP contribution in [0.3, 0.4) is 0 Å². The van der Waals surface area contributed by atoms with Crippen LogP contribution in [0.5, 0.6) is 0 Å². The lowest BCUT2D eigenvalue weighted by Crippen LogP contribution is -2.21. The van der Waals surface area contributed by atoms with Crippen LogP contribution < -0.4 is 5.32 Å². The van der Waals surface area contributed by atoms with Crippen LogP contribution in [-0.4, -0.2) is 26.1 Å². The Morgan fingerprint density at radius 1 is 1.44 bits per heavy atom. The van der Waals surface area contributed by atoms with E-state index in [1.165, 1.54) is 5.56 Å². The second kappa shape index (κ2) is 5.82. The van der Waals surface area contributed by atoms with E-state index in [4.69, 9.17) is 0 Å². The first kappa shape index (κ1) is 12.8. The Morgan fingerprint density at radius 3 is 2.89 bits per heavy atom. The molecule has 0 saturated heterocycles. The lowest BCUT2D eigenvalue weighted by Gasteiger charge is -2.10. The highest BCUT2D eigenvalue weighted by Crippen LogP contribution is 2.10. The smallest absolute Gasteiger partial charge is 0.0637 e. The average Bonchev–Trinajstić information content (AvgIpc) is 2.98. The van der Waals surface area contributed by atoms with Gasteiger partial charge >= 0.3 is 0 Å². The average molecular weight is 247 g/mol. The van der Waals surface area contributed by atoms with Gasteiger partial charge in [-0.3, -0.25) is 9.36 Å². The molecule has 1 N–H and O–H groups in total. The first-order valence-electron chi connectivity index (χ1n) is 6.43. The van der Waals surface area contributed by atoms with Gasteiger partial charge in [-0.15, -0.1) is 0 Å². The standard InChI is InChI=1S/C13H21N5/c1-4-18-10-12(9-15-18)11(2)14-7-5-13-6-8-17(3)16-13/h6,8-11,14H,4-5,7H2,1-3H3. The van der Waals surface area contributed by atoms with Crippen LogP contribution in [0, 0.1) is 0 Å². The van der Waals surface area contributed by atoms with Crippen molar-refractivity contribution in [2.45, 2.75) is 32.9 Å². The van der Waals surface area contributed by atoms with Gasteiger partial charge < -0.3 is 5.32 Å². The second-order valence-electron chi connectivity index (χ2n) is 4.54. The molecule has 0 amide bonds. The van der Waals surface area contributed by atoms with Gasteiger partial charge in [-0.2, -0.15) is 10.2 Å². The van der Waals surface area contributed by atoms with E-state index in [0.29, 0.717) is 6.04 Å². The minimum absolute atomic E-state index is 0.328. The molecule has 0 bridgehead atoms. The summed E-state index contributed by atoms with van der Waals surface area (Å²) in [5, 5.41) is 12.1. The molecular weight excluding hydrogens is 226 g/mol. The summed E-state index contributed by atoms with van der Waals surface area (Å²) >= 11 is 0. The van der Waals surface area contributed by atoms with Crippen LogP contribution in [0.4, 0.5) is 0 Å². The first-order chi connectivity index (χ1) is 8.69. The minimum Gasteiger partial charge on any atom is -0.310 e. The van der Waals surface area contributed by atoms with Gasteiger partial charge in [-0.1, -0.05) is 0 Å². The predicted octanol–water partition coefficient (Wildman–Crippen LogP) is 1.53. The van der Waals surface area contributed by atoms with E-state index < -0.39 is 0 Å². The Labute approximate surface area is 108 Å². The fourth-order valence-corrected chi connectivity index (χ4v) is 1.91. The number of aryl methyl sites for hydroxylation is 2. The molecule has 0 aliphatic heterocycles. The summed E-state index contributed by atoms with van der Waals surface area (Å²) in [5.41, 5.74) is 2.36. The van der Waals surface area contributed by atoms with Gasteiger partial charge in [-0.05, 0) is 19.9 Å². The van der Waals surface area contributed by atoms with Crippen molar-refractivity contribution in [3.63, 3.8) is 0 Å². The van der Waals surface area contributed by atoms with E-state index in [2.05, 4.69) is 41.6 Å². The van der Waals surface area contributed by atoms with Gasteiger partial charge in [0.2, 0.25) is 0 Å². The zero-order valence-electron chi connectivity index (χ0n) is 11.3. The lowest BCUT2D eigenvalue weighted by atomic mass is 10.2. The summed E-state index contributed by atoms with van der Waals surface area (Å²) in [6.45, 7) is 6.10. The molecule has 0 aromatic carbocycles. The van der Waals surface area contributed by atoms with E-state index in [-0.39, 0.29) is 0 Å². The quantitative estimate of drug-likeness (QED) is 0.842. The maximum Gasteiger partial charge on any atom is 0.0637 e. The Bertz CT molecular complexity index is 485. The summed E-state index contributed by atoms with van der Waals surface area (Å²) in [7, 11) is 1.94. The van der Waals surface area contributed by atoms with Gasteiger partial charge in [0, 0.05) is 50.6 Å². The third-order valence-electron chi connectivity index (χ3n) is 3.08. The topological polar surface area (TPSA) is 47.7 Å². The van der Waals surface area contributed by atoms with Crippen LogP contribution in [0.15, 0.2) is 24.7 Å². The van der Waals surface area contributed by atoms with E-state index in [1.807, 2.05) is 28.8 Å². The predicted molar refractivity (Wildman–Crippen MR) is 71.2 cm³/mol. The van der Waals surface area contributed by atoms with Crippen molar-refractivity contribution in [2.75, 3.05) is 6.54 Å². The molecule has 2 rings (SSSR count). The molecule has 0 fully saturated rings. The van der Waals surface area contributed by atoms with Crippen molar-refractivity contribution in [2.24, 2.45) is 7.05 Å². The first-order valence-corrected chi connectivity index (χ1v) is 6.43. The van der Waals surface area contributed by atoms with Crippen molar-refractivity contribution in [3.05, 3.63) is 35.9 Å². The fraction of sp³-hybridized carbons (Fsp3) is 0.538. The van der Waals surface area contributed by atoms with Gasteiger partial charge in [0.25, 0.3) is 0 Å². The van der Waals surface area contributed by atoms with Crippen LogP contribution in [-0.2, 0) is 20.0 Å². The zero-order valence-corrected chi connectivity index (χ0v) is 11.3. The Hall–Kier alpha value is -1.62. The molecule has 98 valence electrons. The number of rotatable bonds is 6. The maximum atomic E-state index is 4.36. The highest BCUT2D eigenvalue weighted by Gasteiger charge is 2.07. The molecule has 5 nitrogen and oxygen atoms in total. The molecular formula is C13H21N5. The molecule has 0 spiro atoms. The van der Waals surface area contributed by atoms with Gasteiger partial charge in [-0.25, -0.2) is 0 Å². The number of hydrogen-bond donors (Lipinski definition) is 1. The van der Waals surface area contributed by atoms with Crippen molar-refractivity contribution >= 4 is 0 Å². The summed E-state index contributed by atoms with van der Waals surface area (Å²) < 4.78 is 3.79. The van der Waals surface area contributed by atoms with Gasteiger partial charge in [0.05, 0.1) is 11.9 Å². The molecule has 0 aliphatic rings. The van der Waals surface area contributed by atoms with Crippen LogP contribution in [0.1, 0.15) is 31.1 Å². The Morgan fingerprint density at radius 2 is 2.28 bits per heavy atom. The van der Waals surface area contributed by atoms with Crippen molar-refractivity contribution in [1.29, 1.82) is 0 Å². The highest BCUT2D eigenvalue weighted by molar-refractivity contribution is 5.09. The summed E-state index contributed by atoms with van der Waals surface area (Å²) in [4.78, 5) is 0. The monoisotopic (exact) mass is 247 g/mol. The van der Waals surface area contributed by atoms with Crippen LogP contribution in [0.2, 0.25) is 0 Å². The molecule has 1 atom stereocenters. The maximum absolute atomic E-state index is 4.36. The molecule has 0 saturated carbocycles. The zero-order chi connectivity index (χ0) is 13.0. The summed E-state index contributed by atoms with van der Waals surface area (Å²) in [5.74, 6) is 0. The van der Waals surface area contributed by atoms with E-state index in [9.17, 15) is 0 Å². The van der Waals surface area contributed by atoms with Gasteiger partial charge in [0.1, 0.15) is 0 Å². The second-order valence-corrected chi connectivity index (χ2v) is 4.54. The lowest BCUT2D eigenvalue weighted by molar-refractivity contribution is 0.569. The molecule has 2 aromatic heterocycles.